The first-order valence-electron chi connectivity index (χ1n) is 10.2. The van der Waals surface area contributed by atoms with Crippen LogP contribution < -0.4 is 10.5 Å². The van der Waals surface area contributed by atoms with E-state index in [-0.39, 0.29) is 6.54 Å². The minimum atomic E-state index is -4.45. The second-order valence-corrected chi connectivity index (χ2v) is 7.51. The summed E-state index contributed by atoms with van der Waals surface area (Å²) in [6.07, 6.45) is 0.324. The molecule has 3 aromatic rings. The van der Waals surface area contributed by atoms with Crippen LogP contribution in [0.1, 0.15) is 37.3 Å². The van der Waals surface area contributed by atoms with Crippen LogP contribution in [0.2, 0.25) is 0 Å². The Labute approximate surface area is 177 Å². The average molecular weight is 429 g/mol. The molecule has 1 aromatic carbocycles. The predicted octanol–water partition coefficient (Wildman–Crippen LogP) is 3.67. The summed E-state index contributed by atoms with van der Waals surface area (Å²) in [6, 6.07) is 4.92. The molecule has 1 saturated heterocycles. The Morgan fingerprint density at radius 3 is 2.65 bits per heavy atom. The monoisotopic (exact) mass is 429 g/mol. The Kier molecular flexibility index (Phi) is 5.72. The molecule has 0 radical (unpaired) electrons. The van der Waals surface area contributed by atoms with Gasteiger partial charge in [-0.25, -0.2) is 9.67 Å². The SMILES string of the molecule is CC#CCn1c(N2CCCCC2)nc2cnn(Cc3cccc(C(F)(F)F)c3)c(=O)c21. The van der Waals surface area contributed by atoms with Crippen LogP contribution in [0.5, 0.6) is 0 Å². The van der Waals surface area contributed by atoms with Gasteiger partial charge in [-0.05, 0) is 43.9 Å². The molecular formula is C22H22F3N5O. The van der Waals surface area contributed by atoms with Gasteiger partial charge in [-0.2, -0.15) is 18.3 Å². The van der Waals surface area contributed by atoms with E-state index in [4.69, 9.17) is 0 Å². The van der Waals surface area contributed by atoms with Gasteiger partial charge >= 0.3 is 6.18 Å². The van der Waals surface area contributed by atoms with Gasteiger partial charge in [-0.15, -0.1) is 5.92 Å². The Bertz CT molecular complexity index is 1210. The molecular weight excluding hydrogens is 407 g/mol. The average Bonchev–Trinajstić information content (AvgIpc) is 3.14. The zero-order chi connectivity index (χ0) is 22.0. The maximum absolute atomic E-state index is 13.2. The van der Waals surface area contributed by atoms with Gasteiger partial charge in [0, 0.05) is 13.1 Å². The topological polar surface area (TPSA) is 56.0 Å². The molecule has 0 bridgehead atoms. The molecule has 0 amide bonds. The number of hydrogen-bond acceptors (Lipinski definition) is 4. The lowest BCUT2D eigenvalue weighted by molar-refractivity contribution is -0.137. The number of fused-ring (bicyclic) bond motifs is 1. The van der Waals surface area contributed by atoms with Crippen LogP contribution in [-0.2, 0) is 19.3 Å². The number of alkyl halides is 3. The lowest BCUT2D eigenvalue weighted by Crippen LogP contribution is -2.32. The summed E-state index contributed by atoms with van der Waals surface area (Å²) < 4.78 is 42.1. The first-order valence-corrected chi connectivity index (χ1v) is 10.2. The molecule has 162 valence electrons. The van der Waals surface area contributed by atoms with Gasteiger partial charge in [0.05, 0.1) is 24.8 Å². The van der Waals surface area contributed by atoms with E-state index in [1.54, 1.807) is 17.6 Å². The van der Waals surface area contributed by atoms with Crippen LogP contribution in [-0.4, -0.2) is 32.4 Å². The number of nitrogens with zero attached hydrogens (tertiary/aromatic N) is 5. The van der Waals surface area contributed by atoms with Crippen LogP contribution in [0.4, 0.5) is 19.1 Å². The Morgan fingerprint density at radius 1 is 1.16 bits per heavy atom. The summed E-state index contributed by atoms with van der Waals surface area (Å²) in [5, 5.41) is 4.17. The molecule has 1 aliphatic heterocycles. The van der Waals surface area contributed by atoms with Crippen molar-refractivity contribution >= 4 is 17.0 Å². The van der Waals surface area contributed by atoms with Gasteiger partial charge in [0.1, 0.15) is 11.0 Å². The number of hydrogen-bond donors (Lipinski definition) is 0. The molecule has 0 atom stereocenters. The summed E-state index contributed by atoms with van der Waals surface area (Å²) in [4.78, 5) is 20.0. The molecule has 4 rings (SSSR count). The van der Waals surface area contributed by atoms with Crippen LogP contribution in [0.3, 0.4) is 0 Å². The summed E-state index contributed by atoms with van der Waals surface area (Å²) in [7, 11) is 0. The quantitative estimate of drug-likeness (QED) is 0.594. The van der Waals surface area contributed by atoms with E-state index in [0.717, 1.165) is 44.5 Å². The summed E-state index contributed by atoms with van der Waals surface area (Å²) in [5.41, 5.74) is 0.0202. The van der Waals surface area contributed by atoms with E-state index in [9.17, 15) is 18.0 Å². The lowest BCUT2D eigenvalue weighted by atomic mass is 10.1. The van der Waals surface area contributed by atoms with Crippen molar-refractivity contribution in [2.75, 3.05) is 18.0 Å². The Morgan fingerprint density at radius 2 is 1.94 bits per heavy atom. The van der Waals surface area contributed by atoms with Gasteiger partial charge < -0.3 is 4.90 Å². The van der Waals surface area contributed by atoms with Crippen molar-refractivity contribution in [3.63, 3.8) is 0 Å². The second kappa shape index (κ2) is 8.46. The zero-order valence-corrected chi connectivity index (χ0v) is 17.1. The first kappa shape index (κ1) is 21.0. The van der Waals surface area contributed by atoms with Gasteiger partial charge in [-0.1, -0.05) is 18.1 Å². The van der Waals surface area contributed by atoms with E-state index in [1.165, 1.54) is 16.9 Å². The summed E-state index contributed by atoms with van der Waals surface area (Å²) in [6.45, 7) is 3.68. The van der Waals surface area contributed by atoms with Crippen molar-refractivity contribution in [1.29, 1.82) is 0 Å². The van der Waals surface area contributed by atoms with Crippen molar-refractivity contribution in [1.82, 2.24) is 19.3 Å². The smallest absolute Gasteiger partial charge is 0.342 e. The van der Waals surface area contributed by atoms with Gasteiger partial charge in [0.15, 0.2) is 0 Å². The highest BCUT2D eigenvalue weighted by molar-refractivity contribution is 5.77. The van der Waals surface area contributed by atoms with Crippen molar-refractivity contribution in [2.45, 2.75) is 45.5 Å². The van der Waals surface area contributed by atoms with Crippen LogP contribution in [0.15, 0.2) is 35.3 Å². The van der Waals surface area contributed by atoms with Crippen molar-refractivity contribution in [3.8, 4) is 11.8 Å². The number of anilines is 1. The van der Waals surface area contributed by atoms with Crippen molar-refractivity contribution < 1.29 is 13.2 Å². The number of benzene rings is 1. The molecule has 0 unspecified atom stereocenters. The third-order valence-corrected chi connectivity index (χ3v) is 5.37. The minimum absolute atomic E-state index is 0.0671. The largest absolute Gasteiger partial charge is 0.416 e. The maximum atomic E-state index is 13.2. The third-order valence-electron chi connectivity index (χ3n) is 5.37. The fourth-order valence-corrected chi connectivity index (χ4v) is 3.85. The highest BCUT2D eigenvalue weighted by atomic mass is 19.4. The van der Waals surface area contributed by atoms with Crippen LogP contribution >= 0.6 is 0 Å². The molecule has 9 heteroatoms. The molecule has 3 heterocycles. The summed E-state index contributed by atoms with van der Waals surface area (Å²) >= 11 is 0. The van der Waals surface area contributed by atoms with Crippen LogP contribution in [0, 0.1) is 11.8 Å². The van der Waals surface area contributed by atoms with E-state index in [1.807, 2.05) is 0 Å². The van der Waals surface area contributed by atoms with Crippen molar-refractivity contribution in [2.24, 2.45) is 0 Å². The Hall–Kier alpha value is -3.28. The second-order valence-electron chi connectivity index (χ2n) is 7.51. The van der Waals surface area contributed by atoms with E-state index in [0.29, 0.717) is 29.1 Å². The number of piperidine rings is 1. The molecule has 1 aliphatic rings. The van der Waals surface area contributed by atoms with Gasteiger partial charge in [-0.3, -0.25) is 9.36 Å². The third kappa shape index (κ3) is 4.29. The molecule has 2 aromatic heterocycles. The molecule has 31 heavy (non-hydrogen) atoms. The highest BCUT2D eigenvalue weighted by Crippen LogP contribution is 2.29. The van der Waals surface area contributed by atoms with Gasteiger partial charge in [0.25, 0.3) is 5.56 Å². The molecule has 0 aliphatic carbocycles. The predicted molar refractivity (Wildman–Crippen MR) is 112 cm³/mol. The number of aromatic nitrogens is 4. The fraction of sp³-hybridized carbons (Fsp3) is 0.409. The standard InChI is InChI=1S/C22H22F3N5O/c1-2-3-12-29-19-18(27-21(29)28-10-5-4-6-11-28)14-26-30(20(19)31)15-16-8-7-9-17(13-16)22(23,24)25/h7-9,13-14H,4-6,10-12,15H2,1H3. The number of halogens is 3. The van der Waals surface area contributed by atoms with Crippen molar-refractivity contribution in [3.05, 3.63) is 51.9 Å². The molecule has 0 N–H and O–H groups in total. The van der Waals surface area contributed by atoms with Crippen LogP contribution in [0.25, 0.3) is 11.0 Å². The summed E-state index contributed by atoms with van der Waals surface area (Å²) in [5.74, 6) is 6.53. The number of imidazole rings is 1. The van der Waals surface area contributed by atoms with E-state index < -0.39 is 17.3 Å². The first-order chi connectivity index (χ1) is 14.9. The Balaban J connectivity index is 1.77. The maximum Gasteiger partial charge on any atom is 0.416 e. The van der Waals surface area contributed by atoms with E-state index >= 15 is 0 Å². The number of rotatable bonds is 4. The molecule has 6 nitrogen and oxygen atoms in total. The normalized spacial score (nSPS) is 14.5. The lowest BCUT2D eigenvalue weighted by Gasteiger charge is -2.27. The van der Waals surface area contributed by atoms with E-state index in [2.05, 4.69) is 26.8 Å². The van der Waals surface area contributed by atoms with Gasteiger partial charge in [0.2, 0.25) is 5.95 Å². The fourth-order valence-electron chi connectivity index (χ4n) is 3.85. The molecule has 1 fully saturated rings. The highest BCUT2D eigenvalue weighted by Gasteiger charge is 2.30. The zero-order valence-electron chi connectivity index (χ0n) is 17.1. The molecule has 0 saturated carbocycles. The molecule has 0 spiro atoms. The minimum Gasteiger partial charge on any atom is -0.342 e.